The van der Waals surface area contributed by atoms with E-state index < -0.39 is 29.9 Å². The summed E-state index contributed by atoms with van der Waals surface area (Å²) in [7, 11) is 1.38. The molecule has 0 amide bonds. The summed E-state index contributed by atoms with van der Waals surface area (Å²) in [6.07, 6.45) is 1.12. The Hall–Kier alpha value is -2.93. The topological polar surface area (TPSA) is 95.0 Å². The van der Waals surface area contributed by atoms with E-state index in [0.29, 0.717) is 6.61 Å². The molecule has 1 N–H and O–H groups in total. The molecule has 1 aromatic heterocycles. The van der Waals surface area contributed by atoms with Gasteiger partial charge in [0.15, 0.2) is 23.0 Å². The number of ketones is 1. The number of aromatic nitrogens is 1. The van der Waals surface area contributed by atoms with Crippen LogP contribution in [0.1, 0.15) is 55.8 Å². The Morgan fingerprint density at radius 2 is 1.83 bits per heavy atom. The van der Waals surface area contributed by atoms with Crippen molar-refractivity contribution in [2.24, 2.45) is 5.92 Å². The molecule has 2 rings (SSSR count). The highest BCUT2D eigenvalue weighted by Gasteiger charge is 2.28. The van der Waals surface area contributed by atoms with E-state index in [1.54, 1.807) is 13.8 Å². The summed E-state index contributed by atoms with van der Waals surface area (Å²) < 4.78 is 16.5. The first-order chi connectivity index (χ1) is 14.4. The molecule has 0 aliphatic carbocycles. The lowest BCUT2D eigenvalue weighted by atomic mass is 10.0. The molecular weight excluding hydrogens is 386 g/mol. The predicted molar refractivity (Wildman–Crippen MR) is 112 cm³/mol. The number of hydrogen-bond acceptors (Lipinski definition) is 7. The van der Waals surface area contributed by atoms with Gasteiger partial charge in [-0.15, -0.1) is 0 Å². The second kappa shape index (κ2) is 11.3. The molecule has 7 nitrogen and oxygen atoms in total. The van der Waals surface area contributed by atoms with Crippen LogP contribution in [0.25, 0.3) is 0 Å². The smallest absolute Gasteiger partial charge is 0.309 e. The highest BCUT2D eigenvalue weighted by molar-refractivity contribution is 5.99. The van der Waals surface area contributed by atoms with Crippen LogP contribution in [0.2, 0.25) is 0 Å². The summed E-state index contributed by atoms with van der Waals surface area (Å²) >= 11 is 0. The van der Waals surface area contributed by atoms with Gasteiger partial charge in [-0.05, 0) is 18.9 Å². The summed E-state index contributed by atoms with van der Waals surface area (Å²) in [5.41, 5.74) is 0.788. The van der Waals surface area contributed by atoms with Gasteiger partial charge in [-0.1, -0.05) is 44.2 Å². The Morgan fingerprint density at radius 3 is 2.47 bits per heavy atom. The fourth-order valence-corrected chi connectivity index (χ4v) is 3.01. The number of esters is 1. The molecule has 1 aromatic carbocycles. The maximum absolute atomic E-state index is 12.6. The van der Waals surface area contributed by atoms with Crippen molar-refractivity contribution in [3.05, 3.63) is 53.9 Å². The fraction of sp³-hybridized carbons (Fsp3) is 0.435. The van der Waals surface area contributed by atoms with Gasteiger partial charge in [0, 0.05) is 25.3 Å². The molecule has 0 aliphatic heterocycles. The second-order valence-corrected chi connectivity index (χ2v) is 7.08. The van der Waals surface area contributed by atoms with Gasteiger partial charge >= 0.3 is 5.97 Å². The van der Waals surface area contributed by atoms with E-state index in [0.717, 1.165) is 12.0 Å². The fourth-order valence-electron chi connectivity index (χ4n) is 3.01. The number of rotatable bonds is 11. The third-order valence-corrected chi connectivity index (χ3v) is 4.62. The molecule has 0 aliphatic rings. The van der Waals surface area contributed by atoms with Gasteiger partial charge in [0.2, 0.25) is 0 Å². The zero-order valence-corrected chi connectivity index (χ0v) is 17.8. The van der Waals surface area contributed by atoms with Crippen LogP contribution < -0.4 is 4.74 Å². The summed E-state index contributed by atoms with van der Waals surface area (Å²) in [5, 5.41) is 10.1. The average Bonchev–Trinajstić information content (AvgIpc) is 2.74. The first-order valence-corrected chi connectivity index (χ1v) is 10.0. The van der Waals surface area contributed by atoms with Gasteiger partial charge in [-0.2, -0.15) is 0 Å². The third kappa shape index (κ3) is 6.03. The van der Waals surface area contributed by atoms with Crippen molar-refractivity contribution >= 4 is 11.8 Å². The predicted octanol–water partition coefficient (Wildman–Crippen LogP) is 4.10. The first-order valence-electron chi connectivity index (χ1n) is 10.0. The van der Waals surface area contributed by atoms with Crippen molar-refractivity contribution in [2.45, 2.75) is 45.8 Å². The van der Waals surface area contributed by atoms with Crippen molar-refractivity contribution < 1.29 is 28.9 Å². The lowest BCUT2D eigenvalue weighted by Gasteiger charge is -2.26. The third-order valence-electron chi connectivity index (χ3n) is 4.62. The maximum Gasteiger partial charge on any atom is 0.309 e. The number of Topliss-reactive ketones (excluding diaryl/α,β-unsaturated/α-hetero) is 1. The number of methoxy groups -OCH3 is 1. The van der Waals surface area contributed by atoms with E-state index in [9.17, 15) is 14.7 Å². The van der Waals surface area contributed by atoms with E-state index in [2.05, 4.69) is 4.98 Å². The van der Waals surface area contributed by atoms with Crippen LogP contribution in [0.4, 0.5) is 0 Å². The maximum atomic E-state index is 12.6. The molecule has 1 heterocycles. The number of nitrogens with zero attached hydrogens (tertiary/aromatic N) is 1. The van der Waals surface area contributed by atoms with Crippen LogP contribution in [0.5, 0.6) is 11.5 Å². The van der Waals surface area contributed by atoms with Crippen molar-refractivity contribution in [3.8, 4) is 11.5 Å². The van der Waals surface area contributed by atoms with Gasteiger partial charge in [-0.3, -0.25) is 9.59 Å². The second-order valence-electron chi connectivity index (χ2n) is 7.08. The molecule has 2 aromatic rings. The Kier molecular flexibility index (Phi) is 8.80. The number of pyridine rings is 1. The minimum atomic E-state index is -0.713. The normalized spacial score (nSPS) is 13.9. The molecule has 0 radical (unpaired) electrons. The molecule has 0 saturated heterocycles. The number of ether oxygens (including phenoxy) is 3. The van der Waals surface area contributed by atoms with Gasteiger partial charge in [0.25, 0.3) is 0 Å². The quantitative estimate of drug-likeness (QED) is 0.436. The molecule has 0 saturated carbocycles. The highest BCUT2D eigenvalue weighted by atomic mass is 16.6. The summed E-state index contributed by atoms with van der Waals surface area (Å²) in [4.78, 5) is 29.0. The zero-order chi connectivity index (χ0) is 22.1. The van der Waals surface area contributed by atoms with E-state index in [1.807, 2.05) is 37.3 Å². The molecule has 162 valence electrons. The Labute approximate surface area is 177 Å². The molecule has 30 heavy (non-hydrogen) atoms. The molecule has 3 atom stereocenters. The van der Waals surface area contributed by atoms with Gasteiger partial charge < -0.3 is 19.3 Å². The van der Waals surface area contributed by atoms with E-state index in [1.165, 1.54) is 19.4 Å². The Morgan fingerprint density at radius 1 is 1.13 bits per heavy atom. The summed E-state index contributed by atoms with van der Waals surface area (Å²) in [5.74, 6) is -1.88. The van der Waals surface area contributed by atoms with Crippen LogP contribution in [0.3, 0.4) is 0 Å². The Balaban J connectivity index is 2.03. The minimum absolute atomic E-state index is 0.129. The number of aromatic hydroxyl groups is 1. The largest absolute Gasteiger partial charge is 0.503 e. The van der Waals surface area contributed by atoms with Crippen molar-refractivity contribution in [3.63, 3.8) is 0 Å². The highest BCUT2D eigenvalue weighted by Crippen LogP contribution is 2.29. The van der Waals surface area contributed by atoms with E-state index in [-0.39, 0.29) is 23.6 Å². The molecular formula is C23H29NO6. The van der Waals surface area contributed by atoms with Gasteiger partial charge in [0.05, 0.1) is 13.0 Å². The van der Waals surface area contributed by atoms with Crippen LogP contribution in [-0.2, 0) is 14.3 Å². The van der Waals surface area contributed by atoms with Crippen LogP contribution in [0, 0.1) is 5.92 Å². The SMILES string of the molecule is CCCO[C@@H](c1ccccc1)[C@H](C)OC(=O)[C@H](C)CC(=O)c1nccc(OC)c1O. The summed E-state index contributed by atoms with van der Waals surface area (Å²) in [6.45, 7) is 5.93. The summed E-state index contributed by atoms with van der Waals surface area (Å²) in [6, 6.07) is 11.0. The number of carbonyl (C=O) groups excluding carboxylic acids is 2. The Bertz CT molecular complexity index is 839. The molecule has 0 bridgehead atoms. The van der Waals surface area contributed by atoms with Crippen LogP contribution in [-0.4, -0.2) is 41.7 Å². The van der Waals surface area contributed by atoms with E-state index in [4.69, 9.17) is 14.2 Å². The first kappa shape index (κ1) is 23.3. The van der Waals surface area contributed by atoms with Crippen molar-refractivity contribution in [1.29, 1.82) is 0 Å². The minimum Gasteiger partial charge on any atom is -0.503 e. The molecule has 0 unspecified atom stereocenters. The standard InChI is InChI=1S/C23H29NO6/c1-5-13-29-22(17-9-7-6-8-10-17)16(3)30-23(27)15(2)14-18(25)20-21(26)19(28-4)11-12-24-20/h6-12,15-16,22,26H,5,13-14H2,1-4H3/t15-,16+,22-/m1/s1. The molecule has 7 heteroatoms. The van der Waals surface area contributed by atoms with E-state index >= 15 is 0 Å². The van der Waals surface area contributed by atoms with Gasteiger partial charge in [0.1, 0.15) is 12.2 Å². The van der Waals surface area contributed by atoms with Crippen LogP contribution >= 0.6 is 0 Å². The lowest BCUT2D eigenvalue weighted by Crippen LogP contribution is -2.28. The monoisotopic (exact) mass is 415 g/mol. The molecule has 0 spiro atoms. The average molecular weight is 415 g/mol. The van der Waals surface area contributed by atoms with Crippen LogP contribution in [0.15, 0.2) is 42.6 Å². The lowest BCUT2D eigenvalue weighted by molar-refractivity contribution is -0.160. The number of carbonyl (C=O) groups is 2. The van der Waals surface area contributed by atoms with Crippen molar-refractivity contribution in [2.75, 3.05) is 13.7 Å². The zero-order valence-electron chi connectivity index (χ0n) is 17.8. The van der Waals surface area contributed by atoms with Gasteiger partial charge in [-0.25, -0.2) is 4.98 Å². The van der Waals surface area contributed by atoms with Crippen molar-refractivity contribution in [1.82, 2.24) is 4.98 Å². The molecule has 0 fully saturated rings. The number of benzene rings is 1. The number of hydrogen-bond donors (Lipinski definition) is 1.